The van der Waals surface area contributed by atoms with Crippen molar-refractivity contribution in [3.05, 3.63) is 47.5 Å². The van der Waals surface area contributed by atoms with Crippen molar-refractivity contribution >= 4 is 0 Å². The van der Waals surface area contributed by atoms with Gasteiger partial charge in [0.1, 0.15) is 11.6 Å². The van der Waals surface area contributed by atoms with Gasteiger partial charge in [0.15, 0.2) is 6.29 Å². The summed E-state index contributed by atoms with van der Waals surface area (Å²) < 4.78 is 40.5. The van der Waals surface area contributed by atoms with Gasteiger partial charge in [0.05, 0.1) is 18.8 Å². The first kappa shape index (κ1) is 23.0. The van der Waals surface area contributed by atoms with Gasteiger partial charge in [-0.15, -0.1) is 6.58 Å². The molecule has 30 heavy (non-hydrogen) atoms. The van der Waals surface area contributed by atoms with Crippen LogP contribution in [0.15, 0.2) is 24.8 Å². The standard InChI is InChI=1S/C26H34F2O2/c1-3-5-6-22-17-29-26(30-18-22)14-12-21-15-24(27)23(25(28)16-21)13-11-20-9-7-19(4-2)8-10-20/h3,15-16,19-20,22,26H,1,4-10,12,14,17-18H2,2H3/t19?,20?,22-,26-. The van der Waals surface area contributed by atoms with Crippen LogP contribution < -0.4 is 0 Å². The summed E-state index contributed by atoms with van der Waals surface area (Å²) in [5, 5.41) is 0. The highest BCUT2D eigenvalue weighted by Gasteiger charge is 2.22. The SMILES string of the molecule is C=CCC[C@H]1CO[C@H](CCc2cc(F)c(C#CC3CCC(CC)CC3)c(F)c2)OC1. The van der Waals surface area contributed by atoms with Crippen molar-refractivity contribution in [2.45, 2.75) is 71.0 Å². The van der Waals surface area contributed by atoms with Crippen LogP contribution in [0, 0.1) is 41.2 Å². The summed E-state index contributed by atoms with van der Waals surface area (Å²) in [6.07, 6.45) is 10.2. The van der Waals surface area contributed by atoms with Gasteiger partial charge >= 0.3 is 0 Å². The molecule has 1 aromatic carbocycles. The maximum Gasteiger partial charge on any atom is 0.157 e. The van der Waals surface area contributed by atoms with E-state index in [2.05, 4.69) is 25.3 Å². The average molecular weight is 417 g/mol. The Kier molecular flexibility index (Phi) is 8.90. The van der Waals surface area contributed by atoms with Gasteiger partial charge in [-0.25, -0.2) is 8.78 Å². The molecule has 0 amide bonds. The van der Waals surface area contributed by atoms with Crippen LogP contribution in [0.4, 0.5) is 8.78 Å². The fourth-order valence-corrected chi connectivity index (χ4v) is 4.33. The summed E-state index contributed by atoms with van der Waals surface area (Å²) >= 11 is 0. The average Bonchev–Trinajstić information content (AvgIpc) is 2.77. The number of benzene rings is 1. The lowest BCUT2D eigenvalue weighted by Gasteiger charge is -2.29. The molecule has 1 heterocycles. The van der Waals surface area contributed by atoms with Gasteiger partial charge in [-0.05, 0) is 68.6 Å². The van der Waals surface area contributed by atoms with E-state index < -0.39 is 11.6 Å². The lowest BCUT2D eigenvalue weighted by Crippen LogP contribution is -2.32. The Labute approximate surface area is 180 Å². The Bertz CT molecular complexity index is 725. The molecular weight excluding hydrogens is 382 g/mol. The minimum absolute atomic E-state index is 0.105. The van der Waals surface area contributed by atoms with Crippen molar-refractivity contribution in [1.29, 1.82) is 0 Å². The highest BCUT2D eigenvalue weighted by molar-refractivity contribution is 5.39. The number of rotatable bonds is 7. The molecule has 0 unspecified atom stereocenters. The van der Waals surface area contributed by atoms with Gasteiger partial charge < -0.3 is 9.47 Å². The molecule has 0 atom stereocenters. The molecule has 2 fully saturated rings. The van der Waals surface area contributed by atoms with Crippen molar-refractivity contribution in [3.63, 3.8) is 0 Å². The van der Waals surface area contributed by atoms with Crippen molar-refractivity contribution in [2.75, 3.05) is 13.2 Å². The maximum atomic E-state index is 14.5. The predicted octanol–water partition coefficient (Wildman–Crippen LogP) is 6.42. The Morgan fingerprint density at radius 2 is 1.70 bits per heavy atom. The Morgan fingerprint density at radius 1 is 1.03 bits per heavy atom. The normalized spacial score (nSPS) is 26.6. The summed E-state index contributed by atoms with van der Waals surface area (Å²) in [6, 6.07) is 2.80. The molecule has 1 aromatic rings. The van der Waals surface area contributed by atoms with Crippen molar-refractivity contribution < 1.29 is 18.3 Å². The molecule has 1 aliphatic heterocycles. The number of ether oxygens (including phenoxy) is 2. The van der Waals surface area contributed by atoms with Crippen molar-refractivity contribution in [2.24, 2.45) is 17.8 Å². The molecule has 2 aliphatic rings. The van der Waals surface area contributed by atoms with Gasteiger partial charge in [-0.2, -0.15) is 0 Å². The molecule has 2 nitrogen and oxygen atoms in total. The van der Waals surface area contributed by atoms with Crippen LogP contribution in [-0.2, 0) is 15.9 Å². The first-order chi connectivity index (χ1) is 14.6. The second kappa shape index (κ2) is 11.6. The molecule has 0 spiro atoms. The van der Waals surface area contributed by atoms with E-state index >= 15 is 0 Å². The Morgan fingerprint density at radius 3 is 2.30 bits per heavy atom. The second-order valence-corrected chi connectivity index (χ2v) is 8.70. The summed E-state index contributed by atoms with van der Waals surface area (Å²) in [5.74, 6) is 6.17. The zero-order valence-electron chi connectivity index (χ0n) is 18.1. The third-order valence-corrected chi connectivity index (χ3v) is 6.41. The molecule has 0 N–H and O–H groups in total. The van der Waals surface area contributed by atoms with E-state index in [1.807, 2.05) is 6.08 Å². The van der Waals surface area contributed by atoms with Crippen LogP contribution in [0.2, 0.25) is 0 Å². The van der Waals surface area contributed by atoms with E-state index in [1.54, 1.807) is 0 Å². The minimum atomic E-state index is -0.574. The number of hydrogen-bond donors (Lipinski definition) is 0. The smallest absolute Gasteiger partial charge is 0.157 e. The summed E-state index contributed by atoms with van der Waals surface area (Å²) in [5.41, 5.74) is 0.506. The van der Waals surface area contributed by atoms with Crippen LogP contribution in [0.1, 0.15) is 69.4 Å². The van der Waals surface area contributed by atoms with Gasteiger partial charge in [-0.1, -0.05) is 31.3 Å². The van der Waals surface area contributed by atoms with E-state index in [1.165, 1.54) is 31.4 Å². The fourth-order valence-electron chi connectivity index (χ4n) is 4.33. The fraction of sp³-hybridized carbons (Fsp3) is 0.615. The quantitative estimate of drug-likeness (QED) is 0.377. The van der Waals surface area contributed by atoms with Crippen molar-refractivity contribution in [1.82, 2.24) is 0 Å². The molecule has 0 aromatic heterocycles. The zero-order chi connectivity index (χ0) is 21.3. The molecule has 0 radical (unpaired) electrons. The predicted molar refractivity (Wildman–Crippen MR) is 116 cm³/mol. The van der Waals surface area contributed by atoms with E-state index in [0.29, 0.717) is 37.5 Å². The van der Waals surface area contributed by atoms with E-state index in [9.17, 15) is 8.78 Å². The lowest BCUT2D eigenvalue weighted by atomic mass is 9.81. The number of allylic oxidation sites excluding steroid dienone is 1. The van der Waals surface area contributed by atoms with Crippen molar-refractivity contribution in [3.8, 4) is 11.8 Å². The van der Waals surface area contributed by atoms with Crippen LogP contribution in [0.3, 0.4) is 0 Å². The molecule has 164 valence electrons. The minimum Gasteiger partial charge on any atom is -0.352 e. The third kappa shape index (κ3) is 6.65. The van der Waals surface area contributed by atoms with E-state index in [0.717, 1.165) is 31.6 Å². The van der Waals surface area contributed by atoms with Crippen LogP contribution in [0.5, 0.6) is 0 Å². The van der Waals surface area contributed by atoms with E-state index in [4.69, 9.17) is 9.47 Å². The molecular formula is C26H34F2O2. The highest BCUT2D eigenvalue weighted by Crippen LogP contribution is 2.30. The molecule has 1 saturated carbocycles. The topological polar surface area (TPSA) is 18.5 Å². The number of hydrogen-bond acceptors (Lipinski definition) is 2. The number of aryl methyl sites for hydroxylation is 1. The van der Waals surface area contributed by atoms with Gasteiger partial charge in [0.2, 0.25) is 0 Å². The largest absolute Gasteiger partial charge is 0.352 e. The molecule has 4 heteroatoms. The molecule has 1 aliphatic carbocycles. The van der Waals surface area contributed by atoms with Crippen LogP contribution in [-0.4, -0.2) is 19.5 Å². The zero-order valence-corrected chi connectivity index (χ0v) is 18.1. The third-order valence-electron chi connectivity index (χ3n) is 6.41. The molecule has 0 bridgehead atoms. The van der Waals surface area contributed by atoms with E-state index in [-0.39, 0.29) is 17.8 Å². The van der Waals surface area contributed by atoms with Gasteiger partial charge in [0.25, 0.3) is 0 Å². The van der Waals surface area contributed by atoms with Crippen LogP contribution in [0.25, 0.3) is 0 Å². The Hall–Kier alpha value is -1.70. The first-order valence-electron chi connectivity index (χ1n) is 11.4. The maximum absolute atomic E-state index is 14.5. The molecule has 1 saturated heterocycles. The summed E-state index contributed by atoms with van der Waals surface area (Å²) in [6.45, 7) is 7.28. The summed E-state index contributed by atoms with van der Waals surface area (Å²) in [7, 11) is 0. The second-order valence-electron chi connectivity index (χ2n) is 8.70. The number of halogens is 2. The van der Waals surface area contributed by atoms with Crippen LogP contribution >= 0.6 is 0 Å². The lowest BCUT2D eigenvalue weighted by molar-refractivity contribution is -0.203. The molecule has 3 rings (SSSR count). The first-order valence-corrected chi connectivity index (χ1v) is 11.4. The Balaban J connectivity index is 1.50. The highest BCUT2D eigenvalue weighted by atomic mass is 19.1. The summed E-state index contributed by atoms with van der Waals surface area (Å²) in [4.78, 5) is 0. The van der Waals surface area contributed by atoms with Gasteiger partial charge in [0, 0.05) is 18.3 Å². The monoisotopic (exact) mass is 416 g/mol. The van der Waals surface area contributed by atoms with Gasteiger partial charge in [-0.3, -0.25) is 0 Å².